The van der Waals surface area contributed by atoms with Crippen molar-refractivity contribution in [3.63, 3.8) is 0 Å². The van der Waals surface area contributed by atoms with Crippen molar-refractivity contribution in [2.75, 3.05) is 33.7 Å². The van der Waals surface area contributed by atoms with Gasteiger partial charge in [0.05, 0.1) is 0 Å². The Morgan fingerprint density at radius 3 is 1.93 bits per heavy atom. The minimum absolute atomic E-state index is 0.363. The third-order valence-corrected chi connectivity index (χ3v) is 2.64. The van der Waals surface area contributed by atoms with Gasteiger partial charge in [-0.05, 0) is 33.7 Å². The second-order valence-electron chi connectivity index (χ2n) is 3.63. The van der Waals surface area contributed by atoms with Crippen molar-refractivity contribution < 1.29 is 4.79 Å². The SMILES string of the molecule is CCNC(C(N)=O)(N(C)C)N(CC)CC. The lowest BCUT2D eigenvalue weighted by Gasteiger charge is -2.45. The van der Waals surface area contributed by atoms with Gasteiger partial charge >= 0.3 is 0 Å². The maximum absolute atomic E-state index is 11.7. The van der Waals surface area contributed by atoms with Crippen LogP contribution in [0.15, 0.2) is 0 Å². The van der Waals surface area contributed by atoms with Gasteiger partial charge in [0.1, 0.15) is 0 Å². The van der Waals surface area contributed by atoms with Crippen LogP contribution in [0, 0.1) is 0 Å². The van der Waals surface area contributed by atoms with Crippen LogP contribution in [0.1, 0.15) is 20.8 Å². The average molecular weight is 216 g/mol. The number of nitrogens with two attached hydrogens (primary N) is 1. The van der Waals surface area contributed by atoms with E-state index in [0.717, 1.165) is 13.1 Å². The van der Waals surface area contributed by atoms with Crippen LogP contribution in [0.2, 0.25) is 0 Å². The Labute approximate surface area is 92.6 Å². The standard InChI is InChI=1S/C10H24N4O/c1-6-12-10(9(11)15,13(4)5)14(7-2)8-3/h12H,6-8H2,1-5H3,(H2,11,15). The molecule has 1 unspecified atom stereocenters. The quantitative estimate of drug-likeness (QED) is 0.571. The van der Waals surface area contributed by atoms with E-state index in [1.807, 2.05) is 44.7 Å². The van der Waals surface area contributed by atoms with Crippen LogP contribution >= 0.6 is 0 Å². The van der Waals surface area contributed by atoms with Crippen LogP contribution in [-0.2, 0) is 4.79 Å². The fourth-order valence-corrected chi connectivity index (χ4v) is 1.94. The molecule has 0 aromatic heterocycles. The van der Waals surface area contributed by atoms with Crippen LogP contribution < -0.4 is 11.1 Å². The number of rotatable bonds is 7. The molecule has 0 rings (SSSR count). The predicted octanol–water partition coefficient (Wildman–Crippen LogP) is -0.362. The molecule has 0 bridgehead atoms. The van der Waals surface area contributed by atoms with Crippen LogP contribution in [0.4, 0.5) is 0 Å². The zero-order valence-corrected chi connectivity index (χ0v) is 10.5. The molecule has 90 valence electrons. The van der Waals surface area contributed by atoms with Crippen LogP contribution in [-0.4, -0.2) is 55.2 Å². The van der Waals surface area contributed by atoms with Gasteiger partial charge in [-0.15, -0.1) is 0 Å². The number of amides is 1. The Bertz CT molecular complexity index is 204. The van der Waals surface area contributed by atoms with E-state index in [1.54, 1.807) is 0 Å². The van der Waals surface area contributed by atoms with Crippen molar-refractivity contribution in [3.05, 3.63) is 0 Å². The molecule has 0 spiro atoms. The number of hydrogen-bond donors (Lipinski definition) is 2. The molecule has 0 saturated carbocycles. The topological polar surface area (TPSA) is 61.6 Å². The molecule has 0 heterocycles. The van der Waals surface area contributed by atoms with Crippen molar-refractivity contribution in [2.45, 2.75) is 26.6 Å². The summed E-state index contributed by atoms with van der Waals surface area (Å²) in [5, 5.41) is 3.17. The Morgan fingerprint density at radius 2 is 1.73 bits per heavy atom. The van der Waals surface area contributed by atoms with Gasteiger partial charge in [0, 0.05) is 0 Å². The number of hydrogen-bond acceptors (Lipinski definition) is 4. The van der Waals surface area contributed by atoms with Crippen molar-refractivity contribution in [1.82, 2.24) is 15.1 Å². The van der Waals surface area contributed by atoms with Crippen LogP contribution in [0.25, 0.3) is 0 Å². The lowest BCUT2D eigenvalue weighted by atomic mass is 10.2. The monoisotopic (exact) mass is 216 g/mol. The van der Waals surface area contributed by atoms with Gasteiger partial charge in [-0.25, -0.2) is 0 Å². The molecule has 5 nitrogen and oxygen atoms in total. The molecule has 0 fully saturated rings. The number of primary amides is 1. The van der Waals surface area contributed by atoms with E-state index in [0.29, 0.717) is 6.54 Å². The van der Waals surface area contributed by atoms with E-state index in [-0.39, 0.29) is 5.91 Å². The van der Waals surface area contributed by atoms with E-state index < -0.39 is 5.79 Å². The minimum Gasteiger partial charge on any atom is -0.366 e. The van der Waals surface area contributed by atoms with Crippen LogP contribution in [0.3, 0.4) is 0 Å². The summed E-state index contributed by atoms with van der Waals surface area (Å²) in [7, 11) is 3.71. The summed E-state index contributed by atoms with van der Waals surface area (Å²) in [6.45, 7) is 8.22. The van der Waals surface area contributed by atoms with Gasteiger partial charge in [-0.2, -0.15) is 0 Å². The van der Waals surface area contributed by atoms with Crippen molar-refractivity contribution in [3.8, 4) is 0 Å². The first-order chi connectivity index (χ1) is 6.97. The third kappa shape index (κ3) is 2.68. The Kier molecular flexibility index (Phi) is 5.79. The zero-order chi connectivity index (χ0) is 12.1. The van der Waals surface area contributed by atoms with Crippen LogP contribution in [0.5, 0.6) is 0 Å². The molecule has 1 amide bonds. The smallest absolute Gasteiger partial charge is 0.268 e. The molecule has 0 radical (unpaired) electrons. The molecule has 0 aliphatic carbocycles. The molecule has 0 aromatic carbocycles. The molecular weight excluding hydrogens is 192 g/mol. The van der Waals surface area contributed by atoms with Gasteiger partial charge in [-0.1, -0.05) is 20.8 Å². The average Bonchev–Trinajstić information content (AvgIpc) is 2.17. The highest BCUT2D eigenvalue weighted by Gasteiger charge is 2.42. The highest BCUT2D eigenvalue weighted by Crippen LogP contribution is 2.14. The number of nitrogens with zero attached hydrogens (tertiary/aromatic N) is 2. The molecule has 3 N–H and O–H groups in total. The highest BCUT2D eigenvalue weighted by atomic mass is 16.2. The summed E-state index contributed by atoms with van der Waals surface area (Å²) >= 11 is 0. The van der Waals surface area contributed by atoms with E-state index in [1.165, 1.54) is 0 Å². The second kappa shape index (κ2) is 6.05. The van der Waals surface area contributed by atoms with Gasteiger partial charge in [-0.3, -0.25) is 19.9 Å². The first-order valence-electron chi connectivity index (χ1n) is 5.44. The summed E-state index contributed by atoms with van der Waals surface area (Å²) in [6.07, 6.45) is 0. The Morgan fingerprint density at radius 1 is 1.27 bits per heavy atom. The van der Waals surface area contributed by atoms with Gasteiger partial charge in [0.25, 0.3) is 5.91 Å². The Hall–Kier alpha value is -0.650. The molecule has 0 aliphatic rings. The van der Waals surface area contributed by atoms with E-state index >= 15 is 0 Å². The number of likely N-dealkylation sites (N-methyl/N-ethyl adjacent to an activating group) is 3. The summed E-state index contributed by atoms with van der Waals surface area (Å²) in [4.78, 5) is 15.5. The lowest BCUT2D eigenvalue weighted by molar-refractivity contribution is -0.147. The lowest BCUT2D eigenvalue weighted by Crippen LogP contribution is -2.73. The number of nitrogens with one attached hydrogen (secondary N) is 1. The number of carbonyl (C=O) groups excluding carboxylic acids is 1. The second-order valence-corrected chi connectivity index (χ2v) is 3.63. The molecule has 5 heteroatoms. The normalized spacial score (nSPS) is 15.7. The zero-order valence-electron chi connectivity index (χ0n) is 10.5. The van der Waals surface area contributed by atoms with Gasteiger partial charge in [0.15, 0.2) is 0 Å². The van der Waals surface area contributed by atoms with Gasteiger partial charge in [0.2, 0.25) is 5.79 Å². The molecule has 0 aromatic rings. The maximum Gasteiger partial charge on any atom is 0.268 e. The molecule has 15 heavy (non-hydrogen) atoms. The molecule has 0 aliphatic heterocycles. The summed E-state index contributed by atoms with van der Waals surface area (Å²) in [5.74, 6) is -1.24. The van der Waals surface area contributed by atoms with Crippen molar-refractivity contribution in [1.29, 1.82) is 0 Å². The molecule has 0 saturated heterocycles. The third-order valence-electron chi connectivity index (χ3n) is 2.64. The summed E-state index contributed by atoms with van der Waals surface area (Å²) < 4.78 is 0. The summed E-state index contributed by atoms with van der Waals surface area (Å²) in [6, 6.07) is 0. The Balaban J connectivity index is 5.18. The van der Waals surface area contributed by atoms with Crippen molar-refractivity contribution in [2.24, 2.45) is 5.73 Å². The first kappa shape index (κ1) is 14.3. The highest BCUT2D eigenvalue weighted by molar-refractivity contribution is 5.83. The van der Waals surface area contributed by atoms with E-state index in [2.05, 4.69) is 5.32 Å². The summed E-state index contributed by atoms with van der Waals surface area (Å²) in [5.41, 5.74) is 5.53. The van der Waals surface area contributed by atoms with Crippen molar-refractivity contribution >= 4 is 5.91 Å². The van der Waals surface area contributed by atoms with E-state index in [9.17, 15) is 4.79 Å². The molecular formula is C10H24N4O. The van der Waals surface area contributed by atoms with Gasteiger partial charge < -0.3 is 5.73 Å². The molecule has 1 atom stereocenters. The predicted molar refractivity (Wildman–Crippen MR) is 62.2 cm³/mol. The number of carbonyl (C=O) groups is 1. The van der Waals surface area contributed by atoms with E-state index in [4.69, 9.17) is 5.73 Å². The first-order valence-corrected chi connectivity index (χ1v) is 5.44. The minimum atomic E-state index is -0.877. The fraction of sp³-hybridized carbons (Fsp3) is 0.900. The largest absolute Gasteiger partial charge is 0.366 e. The fourth-order valence-electron chi connectivity index (χ4n) is 1.94. The maximum atomic E-state index is 11.7.